The number of rotatable bonds is 9. The predicted octanol–water partition coefficient (Wildman–Crippen LogP) is 4.26. The molecule has 9 rings (SSSR count). The number of carbonyl (C=O) groups is 4. The number of imide groups is 1. The van der Waals surface area contributed by atoms with Crippen LogP contribution in [0.1, 0.15) is 51.1 Å². The molecule has 5 amide bonds. The summed E-state index contributed by atoms with van der Waals surface area (Å²) in [6.07, 6.45) is 4.49. The zero-order valence-electron chi connectivity index (χ0n) is 34.2. The number of carbonyl (C=O) groups excluding carboxylic acids is 4. The summed E-state index contributed by atoms with van der Waals surface area (Å²) in [7, 11) is 1.63. The normalized spacial score (nSPS) is 17.3. The number of benzene rings is 3. The summed E-state index contributed by atoms with van der Waals surface area (Å²) in [4.78, 5) is 62.8. The number of piperidine rings is 1. The first-order valence-electron chi connectivity index (χ1n) is 20.7. The Morgan fingerprint density at radius 3 is 2.30 bits per heavy atom. The zero-order valence-corrected chi connectivity index (χ0v) is 34.2. The number of amides is 5. The van der Waals surface area contributed by atoms with E-state index in [9.17, 15) is 19.2 Å². The van der Waals surface area contributed by atoms with Gasteiger partial charge in [0.15, 0.2) is 0 Å². The zero-order chi connectivity index (χ0) is 42.4. The topological polar surface area (TPSA) is 192 Å². The molecule has 0 aliphatic carbocycles. The second kappa shape index (κ2) is 16.3. The van der Waals surface area contributed by atoms with E-state index >= 15 is 4.39 Å². The van der Waals surface area contributed by atoms with Crippen LogP contribution in [0, 0.1) is 18.7 Å². The summed E-state index contributed by atoms with van der Waals surface area (Å²) in [5.41, 5.74) is 11.4. The molecule has 5 aromatic rings. The average Bonchev–Trinajstić information content (AvgIpc) is 3.78. The summed E-state index contributed by atoms with van der Waals surface area (Å²) in [5, 5.41) is 17.1. The van der Waals surface area contributed by atoms with Crippen molar-refractivity contribution < 1.29 is 23.6 Å². The highest BCUT2D eigenvalue weighted by Gasteiger charge is 2.31. The molecular weight excluding hydrogens is 782 g/mol. The van der Waals surface area contributed by atoms with Crippen LogP contribution in [-0.2, 0) is 24.8 Å². The van der Waals surface area contributed by atoms with Crippen molar-refractivity contribution >= 4 is 58.3 Å². The van der Waals surface area contributed by atoms with Crippen LogP contribution in [0.5, 0.6) is 0 Å². The lowest BCUT2D eigenvalue weighted by Crippen LogP contribution is -2.49. The minimum atomic E-state index is -0.745. The van der Waals surface area contributed by atoms with Gasteiger partial charge in [-0.15, -0.1) is 0 Å². The summed E-state index contributed by atoms with van der Waals surface area (Å²) >= 11 is 0. The van der Waals surface area contributed by atoms with E-state index in [1.165, 1.54) is 30.1 Å². The number of nitrogens with two attached hydrogens (primary N) is 1. The maximum Gasteiger partial charge on any atom is 0.328 e. The fourth-order valence-corrected chi connectivity index (χ4v) is 8.91. The van der Waals surface area contributed by atoms with Crippen LogP contribution in [0.4, 0.5) is 43.7 Å². The van der Waals surface area contributed by atoms with Crippen molar-refractivity contribution in [3.63, 3.8) is 0 Å². The molecule has 2 aromatic heterocycles. The number of hydrogen-bond donors (Lipinski definition) is 4. The molecule has 6 heterocycles. The molecule has 61 heavy (non-hydrogen) atoms. The molecule has 0 atom stereocenters. The van der Waals surface area contributed by atoms with Gasteiger partial charge < -0.3 is 20.9 Å². The minimum absolute atomic E-state index is 0.0679. The number of urea groups is 1. The van der Waals surface area contributed by atoms with Gasteiger partial charge in [0.05, 0.1) is 0 Å². The standard InChI is InChI=1S/C43H48FN13O4/c1-26-32(41(60)50-42-46-25-47-52(42)2)8-9-33(37(26)44)38-36(39(45)59)40-48-34-10-7-31(23-28(34)13-18-57(40)51-38)55-21-19-53(20-22-55)24-27-11-15-54(16-12-27)29-3-5-30(6-4-29)56-17-14-35(58)49-43(56)61/h3-10,23,25,27,48H,11-22,24H2,1-2H3,(H2,45,59)(H,49,58,61)(H,46,47,50,60). The highest BCUT2D eigenvalue weighted by atomic mass is 19.1. The van der Waals surface area contributed by atoms with E-state index in [0.717, 1.165) is 87.0 Å². The Labute approximate surface area is 351 Å². The monoisotopic (exact) mass is 829 g/mol. The molecule has 18 heteroatoms. The van der Waals surface area contributed by atoms with E-state index in [-0.39, 0.29) is 45.8 Å². The van der Waals surface area contributed by atoms with Gasteiger partial charge in [0.1, 0.15) is 29.2 Å². The number of nitrogens with zero attached hydrogens (tertiary/aromatic N) is 9. The molecule has 3 aromatic carbocycles. The van der Waals surface area contributed by atoms with Crippen LogP contribution in [0.15, 0.2) is 60.9 Å². The summed E-state index contributed by atoms with van der Waals surface area (Å²) in [6.45, 7) is 9.20. The molecule has 0 saturated carbocycles. The molecule has 0 radical (unpaired) electrons. The maximum atomic E-state index is 16.0. The average molecular weight is 830 g/mol. The third-order valence-corrected chi connectivity index (χ3v) is 12.4. The number of nitrogens with one attached hydrogen (secondary N) is 3. The third-order valence-electron chi connectivity index (χ3n) is 12.4. The number of piperazine rings is 1. The number of halogens is 1. The molecule has 3 saturated heterocycles. The van der Waals surface area contributed by atoms with Gasteiger partial charge in [-0.1, -0.05) is 0 Å². The molecule has 17 nitrogen and oxygen atoms in total. The molecular formula is C43H48FN13O4. The van der Waals surface area contributed by atoms with Gasteiger partial charge >= 0.3 is 6.03 Å². The fourth-order valence-electron chi connectivity index (χ4n) is 8.91. The van der Waals surface area contributed by atoms with Gasteiger partial charge in [0.2, 0.25) is 11.9 Å². The highest BCUT2D eigenvalue weighted by molar-refractivity contribution is 6.07. The smallest absolute Gasteiger partial charge is 0.328 e. The maximum absolute atomic E-state index is 16.0. The molecule has 4 aliphatic heterocycles. The van der Waals surface area contributed by atoms with Crippen LogP contribution in [0.2, 0.25) is 0 Å². The Bertz CT molecular complexity index is 2520. The molecule has 4 aliphatic rings. The van der Waals surface area contributed by atoms with Gasteiger partial charge in [-0.3, -0.25) is 34.8 Å². The molecule has 0 unspecified atom stereocenters. The first-order valence-corrected chi connectivity index (χ1v) is 20.7. The van der Waals surface area contributed by atoms with Crippen LogP contribution in [-0.4, -0.2) is 106 Å². The van der Waals surface area contributed by atoms with Gasteiger partial charge in [-0.05, 0) is 97.8 Å². The van der Waals surface area contributed by atoms with Crippen molar-refractivity contribution in [2.24, 2.45) is 18.7 Å². The molecule has 316 valence electrons. The predicted molar refractivity (Wildman–Crippen MR) is 229 cm³/mol. The van der Waals surface area contributed by atoms with E-state index in [4.69, 9.17) is 10.8 Å². The summed E-state index contributed by atoms with van der Waals surface area (Å²) in [5.74, 6) is -0.948. The van der Waals surface area contributed by atoms with Crippen molar-refractivity contribution in [2.75, 3.05) is 77.7 Å². The van der Waals surface area contributed by atoms with Crippen LogP contribution < -0.4 is 36.4 Å². The first-order chi connectivity index (χ1) is 29.5. The number of aromatic nitrogens is 5. The molecule has 5 N–H and O–H groups in total. The fraction of sp³-hybridized carbons (Fsp3) is 0.372. The number of primary amides is 1. The van der Waals surface area contributed by atoms with E-state index in [1.807, 2.05) is 18.2 Å². The molecule has 3 fully saturated rings. The van der Waals surface area contributed by atoms with E-state index in [2.05, 4.69) is 65.0 Å². The number of aryl methyl sites for hydroxylation is 3. The quantitative estimate of drug-likeness (QED) is 0.166. The van der Waals surface area contributed by atoms with Gasteiger partial charge in [0, 0.05) is 106 Å². The van der Waals surface area contributed by atoms with Gasteiger partial charge in [0.25, 0.3) is 11.8 Å². The largest absolute Gasteiger partial charge is 0.372 e. The Morgan fingerprint density at radius 1 is 0.869 bits per heavy atom. The summed E-state index contributed by atoms with van der Waals surface area (Å²) in [6, 6.07) is 16.9. The van der Waals surface area contributed by atoms with Gasteiger partial charge in [-0.2, -0.15) is 15.2 Å². The Balaban J connectivity index is 0.802. The van der Waals surface area contributed by atoms with Crippen molar-refractivity contribution in [2.45, 2.75) is 39.2 Å². The third kappa shape index (κ3) is 7.85. The molecule has 0 spiro atoms. The second-order valence-electron chi connectivity index (χ2n) is 16.1. The van der Waals surface area contributed by atoms with E-state index in [1.54, 1.807) is 16.6 Å². The van der Waals surface area contributed by atoms with Gasteiger partial charge in [-0.25, -0.2) is 18.5 Å². The van der Waals surface area contributed by atoms with Crippen molar-refractivity contribution in [3.8, 4) is 11.3 Å². The number of anilines is 6. The Morgan fingerprint density at radius 2 is 1.59 bits per heavy atom. The van der Waals surface area contributed by atoms with E-state index < -0.39 is 17.6 Å². The number of hydrogen-bond acceptors (Lipinski definition) is 11. The number of fused-ring (bicyclic) bond motifs is 2. The Kier molecular flexibility index (Phi) is 10.6. The highest BCUT2D eigenvalue weighted by Crippen LogP contribution is 2.38. The minimum Gasteiger partial charge on any atom is -0.372 e. The molecule has 0 bridgehead atoms. The van der Waals surface area contributed by atoms with Crippen LogP contribution >= 0.6 is 0 Å². The first kappa shape index (κ1) is 39.6. The van der Waals surface area contributed by atoms with Crippen LogP contribution in [0.25, 0.3) is 11.3 Å². The van der Waals surface area contributed by atoms with Crippen molar-refractivity contribution in [1.82, 2.24) is 34.8 Å². The second-order valence-corrected chi connectivity index (χ2v) is 16.1. The van der Waals surface area contributed by atoms with Crippen LogP contribution in [0.3, 0.4) is 0 Å². The Hall–Kier alpha value is -6.82. The van der Waals surface area contributed by atoms with Crippen molar-refractivity contribution in [1.29, 1.82) is 0 Å². The lowest BCUT2D eigenvalue weighted by Gasteiger charge is -2.40. The van der Waals surface area contributed by atoms with Crippen molar-refractivity contribution in [3.05, 3.63) is 89.0 Å². The SMILES string of the molecule is Cc1c(C(=O)Nc2ncnn2C)ccc(-c2nn3c(c2C(N)=O)Nc2ccc(N4CCN(CC5CCN(c6ccc(N7CCC(=O)NC7=O)cc6)CC5)CC4)cc2CC3)c1F. The lowest BCUT2D eigenvalue weighted by molar-refractivity contribution is -0.120. The lowest BCUT2D eigenvalue weighted by atomic mass is 9.95. The van der Waals surface area contributed by atoms with E-state index in [0.29, 0.717) is 37.7 Å². The summed E-state index contributed by atoms with van der Waals surface area (Å²) < 4.78 is 19.1.